The summed E-state index contributed by atoms with van der Waals surface area (Å²) in [6.07, 6.45) is 10.8. The van der Waals surface area contributed by atoms with Crippen molar-refractivity contribution in [3.05, 3.63) is 0 Å². The van der Waals surface area contributed by atoms with Gasteiger partial charge in [-0.15, -0.1) is 0 Å². The van der Waals surface area contributed by atoms with Gasteiger partial charge in [-0.1, -0.05) is 53.4 Å². The zero-order valence-electron chi connectivity index (χ0n) is 12.5. The van der Waals surface area contributed by atoms with Gasteiger partial charge in [-0.3, -0.25) is 0 Å². The Balaban J connectivity index is 2.63. The third kappa shape index (κ3) is 3.98. The Labute approximate surface area is 109 Å². The summed E-state index contributed by atoms with van der Waals surface area (Å²) in [6, 6.07) is 0.442. The predicted octanol–water partition coefficient (Wildman–Crippen LogP) is 4.75. The van der Waals surface area contributed by atoms with Crippen molar-refractivity contribution in [1.82, 2.24) is 0 Å². The molecule has 1 saturated carbocycles. The lowest BCUT2D eigenvalue weighted by molar-refractivity contribution is 0.158. The Morgan fingerprint density at radius 1 is 1.06 bits per heavy atom. The minimum Gasteiger partial charge on any atom is -0.327 e. The second-order valence-corrected chi connectivity index (χ2v) is 6.69. The zero-order chi connectivity index (χ0) is 12.9. The molecule has 2 N–H and O–H groups in total. The minimum atomic E-state index is 0.442. The highest BCUT2D eigenvalue weighted by Crippen LogP contribution is 2.46. The molecule has 1 fully saturated rings. The molecule has 1 aliphatic carbocycles. The molecule has 0 aromatic carbocycles. The molecular weight excluding hydrogens is 206 g/mol. The van der Waals surface area contributed by atoms with E-state index >= 15 is 0 Å². The Morgan fingerprint density at radius 2 is 1.59 bits per heavy atom. The van der Waals surface area contributed by atoms with E-state index in [2.05, 4.69) is 27.7 Å². The topological polar surface area (TPSA) is 26.0 Å². The number of nitrogens with two attached hydrogens (primary N) is 1. The van der Waals surface area contributed by atoms with Crippen LogP contribution in [0.2, 0.25) is 0 Å². The Morgan fingerprint density at radius 3 is 2.00 bits per heavy atom. The van der Waals surface area contributed by atoms with Crippen LogP contribution in [0.4, 0.5) is 0 Å². The molecule has 1 unspecified atom stereocenters. The molecule has 1 nitrogen and oxygen atoms in total. The minimum absolute atomic E-state index is 0.442. The molecule has 0 bridgehead atoms. The summed E-state index contributed by atoms with van der Waals surface area (Å²) in [6.45, 7) is 9.32. The summed E-state index contributed by atoms with van der Waals surface area (Å²) in [7, 11) is 0. The van der Waals surface area contributed by atoms with Gasteiger partial charge in [0.05, 0.1) is 0 Å². The zero-order valence-corrected chi connectivity index (χ0v) is 12.5. The SMILES string of the molecule is CCC(CC)CC(N)C1(CC(C)C)CCCC1. The highest BCUT2D eigenvalue weighted by Gasteiger charge is 2.40. The molecule has 0 spiro atoms. The molecule has 17 heavy (non-hydrogen) atoms. The molecule has 1 rings (SSSR count). The monoisotopic (exact) mass is 239 g/mol. The van der Waals surface area contributed by atoms with Gasteiger partial charge in [-0.25, -0.2) is 0 Å². The van der Waals surface area contributed by atoms with Crippen LogP contribution in [0.15, 0.2) is 0 Å². The maximum absolute atomic E-state index is 6.61. The standard InChI is InChI=1S/C16H33N/c1-5-14(6-2)11-15(17)16(12-13(3)4)9-7-8-10-16/h13-15H,5-12,17H2,1-4H3. The van der Waals surface area contributed by atoms with Crippen molar-refractivity contribution in [3.63, 3.8) is 0 Å². The summed E-state index contributed by atoms with van der Waals surface area (Å²) in [5, 5.41) is 0. The summed E-state index contributed by atoms with van der Waals surface area (Å²) in [5.41, 5.74) is 7.10. The van der Waals surface area contributed by atoms with Gasteiger partial charge in [0.2, 0.25) is 0 Å². The molecule has 0 heterocycles. The quantitative estimate of drug-likeness (QED) is 0.682. The largest absolute Gasteiger partial charge is 0.327 e. The van der Waals surface area contributed by atoms with Gasteiger partial charge < -0.3 is 5.73 Å². The molecule has 0 saturated heterocycles. The van der Waals surface area contributed by atoms with E-state index in [1.807, 2.05) is 0 Å². The van der Waals surface area contributed by atoms with Crippen LogP contribution in [0.5, 0.6) is 0 Å². The Hall–Kier alpha value is -0.0400. The van der Waals surface area contributed by atoms with Crippen molar-refractivity contribution in [1.29, 1.82) is 0 Å². The van der Waals surface area contributed by atoms with E-state index in [1.165, 1.54) is 51.4 Å². The van der Waals surface area contributed by atoms with E-state index in [9.17, 15) is 0 Å². The first-order valence-electron chi connectivity index (χ1n) is 7.79. The fourth-order valence-electron chi connectivity index (χ4n) is 3.85. The lowest BCUT2D eigenvalue weighted by Gasteiger charge is -2.38. The summed E-state index contributed by atoms with van der Waals surface area (Å²) < 4.78 is 0. The van der Waals surface area contributed by atoms with E-state index in [-0.39, 0.29) is 0 Å². The molecule has 102 valence electrons. The van der Waals surface area contributed by atoms with Crippen molar-refractivity contribution in [2.75, 3.05) is 0 Å². The van der Waals surface area contributed by atoms with Gasteiger partial charge in [0.15, 0.2) is 0 Å². The van der Waals surface area contributed by atoms with E-state index in [1.54, 1.807) is 0 Å². The van der Waals surface area contributed by atoms with E-state index < -0.39 is 0 Å². The molecular formula is C16H33N. The van der Waals surface area contributed by atoms with Crippen LogP contribution in [0.1, 0.15) is 79.1 Å². The summed E-state index contributed by atoms with van der Waals surface area (Å²) >= 11 is 0. The van der Waals surface area contributed by atoms with E-state index in [4.69, 9.17) is 5.73 Å². The molecule has 0 aliphatic heterocycles. The molecule has 1 heteroatoms. The smallest absolute Gasteiger partial charge is 0.00982 e. The van der Waals surface area contributed by atoms with Crippen LogP contribution in [0.25, 0.3) is 0 Å². The van der Waals surface area contributed by atoms with Gasteiger partial charge in [-0.2, -0.15) is 0 Å². The predicted molar refractivity (Wildman–Crippen MR) is 77.0 cm³/mol. The van der Waals surface area contributed by atoms with Gasteiger partial charge in [0.25, 0.3) is 0 Å². The maximum Gasteiger partial charge on any atom is 0.00982 e. The number of rotatable bonds is 7. The van der Waals surface area contributed by atoms with E-state index in [0.29, 0.717) is 11.5 Å². The molecule has 1 atom stereocenters. The van der Waals surface area contributed by atoms with Crippen LogP contribution < -0.4 is 5.73 Å². The first-order valence-corrected chi connectivity index (χ1v) is 7.79. The van der Waals surface area contributed by atoms with Crippen LogP contribution in [-0.2, 0) is 0 Å². The van der Waals surface area contributed by atoms with Gasteiger partial charge in [-0.05, 0) is 42.9 Å². The van der Waals surface area contributed by atoms with Crippen molar-refractivity contribution < 1.29 is 0 Å². The normalized spacial score (nSPS) is 21.4. The highest BCUT2D eigenvalue weighted by atomic mass is 14.7. The van der Waals surface area contributed by atoms with Crippen LogP contribution in [-0.4, -0.2) is 6.04 Å². The van der Waals surface area contributed by atoms with Crippen molar-refractivity contribution in [3.8, 4) is 0 Å². The van der Waals surface area contributed by atoms with Crippen LogP contribution in [0, 0.1) is 17.3 Å². The second-order valence-electron chi connectivity index (χ2n) is 6.69. The number of hydrogen-bond donors (Lipinski definition) is 1. The summed E-state index contributed by atoms with van der Waals surface area (Å²) in [4.78, 5) is 0. The lowest BCUT2D eigenvalue weighted by atomic mass is 9.70. The van der Waals surface area contributed by atoms with E-state index in [0.717, 1.165) is 11.8 Å². The van der Waals surface area contributed by atoms with Crippen LogP contribution >= 0.6 is 0 Å². The molecule has 1 aliphatic rings. The fourth-order valence-corrected chi connectivity index (χ4v) is 3.85. The third-order valence-corrected chi connectivity index (χ3v) is 4.94. The average molecular weight is 239 g/mol. The first-order chi connectivity index (χ1) is 8.04. The maximum atomic E-state index is 6.61. The van der Waals surface area contributed by atoms with Gasteiger partial charge >= 0.3 is 0 Å². The third-order valence-electron chi connectivity index (χ3n) is 4.94. The second kappa shape index (κ2) is 6.78. The highest BCUT2D eigenvalue weighted by molar-refractivity contribution is 4.94. The molecule has 0 amide bonds. The molecule has 0 radical (unpaired) electrons. The van der Waals surface area contributed by atoms with Crippen molar-refractivity contribution in [2.45, 2.75) is 85.1 Å². The number of hydrogen-bond acceptors (Lipinski definition) is 1. The van der Waals surface area contributed by atoms with Crippen LogP contribution in [0.3, 0.4) is 0 Å². The van der Waals surface area contributed by atoms with Gasteiger partial charge in [0, 0.05) is 6.04 Å². The Kier molecular flexibility index (Phi) is 5.99. The molecule has 0 aromatic rings. The fraction of sp³-hybridized carbons (Fsp3) is 1.00. The average Bonchev–Trinajstić information content (AvgIpc) is 2.74. The van der Waals surface area contributed by atoms with Crippen molar-refractivity contribution in [2.24, 2.45) is 23.0 Å². The first kappa shape index (κ1) is 15.0. The lowest BCUT2D eigenvalue weighted by Crippen LogP contribution is -2.42. The molecule has 0 aromatic heterocycles. The van der Waals surface area contributed by atoms with Gasteiger partial charge in [0.1, 0.15) is 0 Å². The summed E-state index contributed by atoms with van der Waals surface area (Å²) in [5.74, 6) is 1.63. The van der Waals surface area contributed by atoms with Crippen molar-refractivity contribution >= 4 is 0 Å². The Bertz CT molecular complexity index is 200.